The SMILES string of the molecule is CC[C@H](COCc1ccc(C#CN)cc1)n1cnc2c(N)nc3ccccc3c21. The van der Waals surface area contributed by atoms with Gasteiger partial charge in [-0.25, -0.2) is 9.97 Å². The van der Waals surface area contributed by atoms with Crippen LogP contribution < -0.4 is 11.5 Å². The first-order valence-corrected chi connectivity index (χ1v) is 9.60. The third kappa shape index (κ3) is 3.73. The van der Waals surface area contributed by atoms with Crippen molar-refractivity contribution in [2.75, 3.05) is 12.3 Å². The largest absolute Gasteiger partial charge is 0.382 e. The summed E-state index contributed by atoms with van der Waals surface area (Å²) < 4.78 is 8.19. The van der Waals surface area contributed by atoms with Crippen molar-refractivity contribution < 1.29 is 4.74 Å². The normalized spacial score (nSPS) is 12.0. The molecule has 1 atom stereocenters. The fraction of sp³-hybridized carbons (Fsp3) is 0.217. The minimum absolute atomic E-state index is 0.146. The Morgan fingerprint density at radius 3 is 2.69 bits per heavy atom. The summed E-state index contributed by atoms with van der Waals surface area (Å²) in [6.45, 7) is 3.25. The molecule has 146 valence electrons. The second-order valence-electron chi connectivity index (χ2n) is 6.91. The molecular formula is C23H23N5O. The molecule has 0 unspecified atom stereocenters. The molecule has 0 radical (unpaired) electrons. The summed E-state index contributed by atoms with van der Waals surface area (Å²) >= 11 is 0. The molecular weight excluding hydrogens is 362 g/mol. The van der Waals surface area contributed by atoms with Gasteiger partial charge in [-0.1, -0.05) is 37.3 Å². The molecule has 6 heteroatoms. The lowest BCUT2D eigenvalue weighted by atomic mass is 10.1. The minimum atomic E-state index is 0.146. The van der Waals surface area contributed by atoms with E-state index in [9.17, 15) is 0 Å². The van der Waals surface area contributed by atoms with Gasteiger partial charge in [0.05, 0.1) is 36.6 Å². The summed E-state index contributed by atoms with van der Waals surface area (Å²) in [6.07, 6.45) is 2.75. The third-order valence-corrected chi connectivity index (χ3v) is 5.05. The number of nitrogens with zero attached hydrogens (tertiary/aromatic N) is 3. The van der Waals surface area contributed by atoms with Crippen molar-refractivity contribution in [1.82, 2.24) is 14.5 Å². The van der Waals surface area contributed by atoms with E-state index in [-0.39, 0.29) is 6.04 Å². The predicted molar refractivity (Wildman–Crippen MR) is 116 cm³/mol. The lowest BCUT2D eigenvalue weighted by molar-refractivity contribution is 0.0897. The van der Waals surface area contributed by atoms with Crippen LogP contribution in [0.1, 0.15) is 30.5 Å². The number of pyridine rings is 1. The Labute approximate surface area is 169 Å². The highest BCUT2D eigenvalue weighted by Crippen LogP contribution is 2.30. The Bertz CT molecular complexity index is 1200. The van der Waals surface area contributed by atoms with Crippen molar-refractivity contribution in [2.24, 2.45) is 5.73 Å². The van der Waals surface area contributed by atoms with E-state index in [1.807, 2.05) is 48.8 Å². The number of rotatable bonds is 6. The smallest absolute Gasteiger partial charge is 0.152 e. The fourth-order valence-corrected chi connectivity index (χ4v) is 3.52. The summed E-state index contributed by atoms with van der Waals surface area (Å²) in [5.41, 5.74) is 16.0. The summed E-state index contributed by atoms with van der Waals surface area (Å²) in [4.78, 5) is 9.01. The van der Waals surface area contributed by atoms with E-state index < -0.39 is 0 Å². The van der Waals surface area contributed by atoms with Crippen LogP contribution in [0.5, 0.6) is 0 Å². The molecule has 6 nitrogen and oxygen atoms in total. The number of fused-ring (bicyclic) bond motifs is 3. The van der Waals surface area contributed by atoms with Gasteiger partial charge in [0.25, 0.3) is 0 Å². The van der Waals surface area contributed by atoms with Gasteiger partial charge in [-0.3, -0.25) is 0 Å². The highest BCUT2D eigenvalue weighted by Gasteiger charge is 2.17. The Balaban J connectivity index is 1.56. The van der Waals surface area contributed by atoms with Crippen molar-refractivity contribution >= 4 is 27.8 Å². The van der Waals surface area contributed by atoms with Crippen LogP contribution in [0, 0.1) is 12.0 Å². The number of nitrogen functional groups attached to an aromatic ring is 1. The van der Waals surface area contributed by atoms with Gasteiger partial charge in [0.2, 0.25) is 0 Å². The topological polar surface area (TPSA) is 92.0 Å². The average molecular weight is 385 g/mol. The van der Waals surface area contributed by atoms with Crippen molar-refractivity contribution in [1.29, 1.82) is 0 Å². The van der Waals surface area contributed by atoms with E-state index in [2.05, 4.69) is 39.5 Å². The number of aromatic nitrogens is 3. The molecule has 29 heavy (non-hydrogen) atoms. The van der Waals surface area contributed by atoms with Crippen molar-refractivity contribution in [3.63, 3.8) is 0 Å². The molecule has 0 saturated carbocycles. The van der Waals surface area contributed by atoms with E-state index in [0.717, 1.165) is 39.5 Å². The van der Waals surface area contributed by atoms with Gasteiger partial charge in [-0.15, -0.1) is 0 Å². The molecule has 0 spiro atoms. The Morgan fingerprint density at radius 1 is 1.14 bits per heavy atom. The maximum Gasteiger partial charge on any atom is 0.152 e. The summed E-state index contributed by atoms with van der Waals surface area (Å²) in [5, 5.41) is 1.05. The zero-order chi connectivity index (χ0) is 20.2. The summed E-state index contributed by atoms with van der Waals surface area (Å²) in [5.74, 6) is 3.29. The maximum atomic E-state index is 6.15. The standard InChI is InChI=1S/C23H23N5O/c1-2-18(14-29-13-17-9-7-16(8-10-17)11-12-24)28-15-26-21-22(28)19-5-3-4-6-20(19)27-23(21)25/h3-10,15,18H,2,13-14,24H2,1H3,(H2,25,27)/t18-/m1/s1. The maximum absolute atomic E-state index is 6.15. The van der Waals surface area contributed by atoms with Gasteiger partial charge in [-0.2, -0.15) is 0 Å². The molecule has 0 aliphatic carbocycles. The molecule has 0 amide bonds. The summed E-state index contributed by atoms with van der Waals surface area (Å²) in [7, 11) is 0. The number of hydrogen-bond acceptors (Lipinski definition) is 5. The summed E-state index contributed by atoms with van der Waals surface area (Å²) in [6, 6.07) is 18.5. The molecule has 4 rings (SSSR count). The number of hydrogen-bond donors (Lipinski definition) is 2. The quantitative estimate of drug-likeness (QED) is 0.391. The first kappa shape index (κ1) is 18.8. The first-order chi connectivity index (χ1) is 14.2. The van der Waals surface area contributed by atoms with E-state index in [1.165, 1.54) is 0 Å². The second kappa shape index (κ2) is 8.21. The number of ether oxygens (including phenoxy) is 1. The highest BCUT2D eigenvalue weighted by molar-refractivity contribution is 6.06. The van der Waals surface area contributed by atoms with Crippen LogP contribution in [-0.2, 0) is 11.3 Å². The van der Waals surface area contributed by atoms with Gasteiger partial charge >= 0.3 is 0 Å². The zero-order valence-electron chi connectivity index (χ0n) is 16.3. The molecule has 0 saturated heterocycles. The molecule has 4 N–H and O–H groups in total. The zero-order valence-corrected chi connectivity index (χ0v) is 16.3. The van der Waals surface area contributed by atoms with Crippen molar-refractivity contribution in [3.8, 4) is 12.0 Å². The van der Waals surface area contributed by atoms with E-state index in [1.54, 1.807) is 0 Å². The highest BCUT2D eigenvalue weighted by atomic mass is 16.5. The van der Waals surface area contributed by atoms with Crippen LogP contribution >= 0.6 is 0 Å². The monoisotopic (exact) mass is 385 g/mol. The molecule has 0 fully saturated rings. The van der Waals surface area contributed by atoms with Crippen LogP contribution in [0.2, 0.25) is 0 Å². The predicted octanol–water partition coefficient (Wildman–Crippen LogP) is 3.60. The lowest BCUT2D eigenvalue weighted by Gasteiger charge is -2.19. The Hall–Kier alpha value is -3.56. The van der Waals surface area contributed by atoms with Crippen molar-refractivity contribution in [3.05, 3.63) is 66.0 Å². The molecule has 2 aromatic carbocycles. The molecule has 2 aromatic heterocycles. The molecule has 4 aromatic rings. The van der Waals surface area contributed by atoms with Gasteiger partial charge in [0, 0.05) is 17.0 Å². The number of para-hydroxylation sites is 1. The number of imidazole rings is 1. The Kier molecular flexibility index (Phi) is 5.32. The van der Waals surface area contributed by atoms with Gasteiger partial charge in [0.1, 0.15) is 5.52 Å². The second-order valence-corrected chi connectivity index (χ2v) is 6.91. The molecule has 0 aliphatic heterocycles. The van der Waals surface area contributed by atoms with Crippen LogP contribution in [-0.4, -0.2) is 21.1 Å². The van der Waals surface area contributed by atoms with Gasteiger partial charge < -0.3 is 20.8 Å². The average Bonchev–Trinajstić information content (AvgIpc) is 3.19. The van der Waals surface area contributed by atoms with E-state index >= 15 is 0 Å². The number of benzene rings is 2. The van der Waals surface area contributed by atoms with Crippen LogP contribution in [0.15, 0.2) is 54.9 Å². The Morgan fingerprint density at radius 2 is 1.93 bits per heavy atom. The lowest BCUT2D eigenvalue weighted by Crippen LogP contribution is -2.14. The van der Waals surface area contributed by atoms with E-state index in [4.69, 9.17) is 16.2 Å². The fourth-order valence-electron chi connectivity index (χ4n) is 3.52. The van der Waals surface area contributed by atoms with Crippen molar-refractivity contribution in [2.45, 2.75) is 26.0 Å². The van der Waals surface area contributed by atoms with Crippen LogP contribution in [0.25, 0.3) is 21.9 Å². The first-order valence-electron chi connectivity index (χ1n) is 9.60. The minimum Gasteiger partial charge on any atom is -0.382 e. The molecule has 2 heterocycles. The van der Waals surface area contributed by atoms with Crippen LogP contribution in [0.3, 0.4) is 0 Å². The third-order valence-electron chi connectivity index (χ3n) is 5.05. The molecule has 0 bridgehead atoms. The number of anilines is 1. The molecule has 0 aliphatic rings. The van der Waals surface area contributed by atoms with Crippen LogP contribution in [0.4, 0.5) is 5.82 Å². The number of nitrogens with two attached hydrogens (primary N) is 2. The van der Waals surface area contributed by atoms with Gasteiger partial charge in [-0.05, 0) is 36.1 Å². The van der Waals surface area contributed by atoms with Gasteiger partial charge in [0.15, 0.2) is 5.82 Å². The van der Waals surface area contributed by atoms with E-state index in [0.29, 0.717) is 19.0 Å².